The number of pyridine rings is 1. The fraction of sp³-hybridized carbons (Fsp3) is 0.594. The van der Waals surface area contributed by atoms with Gasteiger partial charge in [-0.2, -0.15) is 0 Å². The highest BCUT2D eigenvalue weighted by molar-refractivity contribution is 5.86. The highest BCUT2D eigenvalue weighted by Gasteiger charge is 2.57. The number of allylic oxidation sites excluding steroid dienone is 3. The molecule has 180 valence electrons. The van der Waals surface area contributed by atoms with Crippen LogP contribution in [0, 0.1) is 28.6 Å². The molecule has 2 saturated carbocycles. The van der Waals surface area contributed by atoms with E-state index < -0.39 is 0 Å². The lowest BCUT2D eigenvalue weighted by Gasteiger charge is -2.58. The molecule has 1 aromatic carbocycles. The summed E-state index contributed by atoms with van der Waals surface area (Å²) in [6.45, 7) is 11.8. The number of ether oxygens (including phenoxy) is 1. The van der Waals surface area contributed by atoms with Crippen molar-refractivity contribution >= 4 is 16.3 Å². The fourth-order valence-electron chi connectivity index (χ4n) is 8.50. The third kappa shape index (κ3) is 3.51. The Morgan fingerprint density at radius 1 is 0.912 bits per heavy atom. The molecule has 0 spiro atoms. The first-order chi connectivity index (χ1) is 16.2. The summed E-state index contributed by atoms with van der Waals surface area (Å²) in [7, 11) is 0. The average Bonchev–Trinajstić information content (AvgIpc) is 3.15. The first kappa shape index (κ1) is 22.5. The van der Waals surface area contributed by atoms with Crippen LogP contribution in [-0.2, 0) is 4.74 Å². The maximum absolute atomic E-state index is 6.43. The molecule has 34 heavy (non-hydrogen) atoms. The number of hydrogen-bond acceptors (Lipinski definition) is 2. The van der Waals surface area contributed by atoms with Crippen molar-refractivity contribution < 1.29 is 4.74 Å². The van der Waals surface area contributed by atoms with Crippen LogP contribution in [0.1, 0.15) is 85.1 Å². The second-order valence-electron chi connectivity index (χ2n) is 13.1. The Balaban J connectivity index is 1.26. The van der Waals surface area contributed by atoms with Crippen LogP contribution in [0.2, 0.25) is 0 Å². The molecule has 0 bridgehead atoms. The van der Waals surface area contributed by atoms with Gasteiger partial charge in [0.2, 0.25) is 0 Å². The van der Waals surface area contributed by atoms with E-state index in [0.717, 1.165) is 24.2 Å². The topological polar surface area (TPSA) is 22.1 Å². The van der Waals surface area contributed by atoms with Gasteiger partial charge in [-0.1, -0.05) is 43.7 Å². The summed E-state index contributed by atoms with van der Waals surface area (Å²) in [6.07, 6.45) is 18.4. The molecule has 2 nitrogen and oxygen atoms in total. The second-order valence-corrected chi connectivity index (χ2v) is 13.1. The fourth-order valence-corrected chi connectivity index (χ4v) is 8.50. The van der Waals surface area contributed by atoms with Crippen LogP contribution < -0.4 is 0 Å². The van der Waals surface area contributed by atoms with Crippen molar-refractivity contribution in [3.8, 4) is 0 Å². The molecule has 6 atom stereocenters. The number of fused-ring (bicyclic) bond motifs is 6. The van der Waals surface area contributed by atoms with Gasteiger partial charge in [-0.25, -0.2) is 0 Å². The second kappa shape index (κ2) is 7.79. The molecule has 0 saturated heterocycles. The predicted molar refractivity (Wildman–Crippen MR) is 141 cm³/mol. The summed E-state index contributed by atoms with van der Waals surface area (Å²) in [4.78, 5) is 4.37. The van der Waals surface area contributed by atoms with E-state index in [2.05, 4.69) is 76.0 Å². The minimum Gasteiger partial charge on any atom is -0.372 e. The summed E-state index contributed by atoms with van der Waals surface area (Å²) < 4.78 is 6.43. The van der Waals surface area contributed by atoms with Gasteiger partial charge in [0.25, 0.3) is 0 Å². The monoisotopic (exact) mass is 455 g/mol. The van der Waals surface area contributed by atoms with Gasteiger partial charge in [0.05, 0.1) is 11.7 Å². The average molecular weight is 456 g/mol. The minimum absolute atomic E-state index is 0.0480. The predicted octanol–water partition coefficient (Wildman–Crippen LogP) is 8.37. The Labute approximate surface area is 205 Å². The van der Waals surface area contributed by atoms with Crippen molar-refractivity contribution in [2.45, 2.75) is 91.3 Å². The van der Waals surface area contributed by atoms with Crippen LogP contribution in [0.5, 0.6) is 0 Å². The van der Waals surface area contributed by atoms with Crippen LogP contribution >= 0.6 is 0 Å². The molecule has 6 rings (SSSR count). The van der Waals surface area contributed by atoms with Crippen molar-refractivity contribution in [2.24, 2.45) is 28.6 Å². The zero-order valence-corrected chi connectivity index (χ0v) is 21.7. The lowest BCUT2D eigenvalue weighted by Crippen LogP contribution is -2.50. The van der Waals surface area contributed by atoms with E-state index in [4.69, 9.17) is 4.74 Å². The number of hydrogen-bond donors (Lipinski definition) is 0. The van der Waals surface area contributed by atoms with Crippen molar-refractivity contribution in [2.75, 3.05) is 0 Å². The van der Waals surface area contributed by atoms with E-state index in [1.807, 2.05) is 12.4 Å². The van der Waals surface area contributed by atoms with Gasteiger partial charge in [0, 0.05) is 17.8 Å². The molecule has 1 heterocycles. The van der Waals surface area contributed by atoms with Gasteiger partial charge in [-0.15, -0.1) is 0 Å². The Morgan fingerprint density at radius 3 is 2.56 bits per heavy atom. The molecule has 2 fully saturated rings. The Hall–Kier alpha value is -1.93. The van der Waals surface area contributed by atoms with Gasteiger partial charge in [-0.05, 0) is 123 Å². The Bertz CT molecular complexity index is 1170. The van der Waals surface area contributed by atoms with Gasteiger partial charge in [0.1, 0.15) is 0 Å². The van der Waals surface area contributed by atoms with Gasteiger partial charge < -0.3 is 4.74 Å². The molecule has 0 unspecified atom stereocenters. The normalized spacial score (nSPS) is 37.4. The highest BCUT2D eigenvalue weighted by atomic mass is 16.5. The van der Waals surface area contributed by atoms with E-state index in [0.29, 0.717) is 16.9 Å². The molecule has 0 radical (unpaired) electrons. The maximum Gasteiger partial charge on any atom is 0.0619 e. The molecule has 1 aromatic heterocycles. The molecule has 4 aliphatic rings. The van der Waals surface area contributed by atoms with Crippen molar-refractivity contribution in [1.82, 2.24) is 4.98 Å². The van der Waals surface area contributed by atoms with Crippen molar-refractivity contribution in [1.29, 1.82) is 0 Å². The molecule has 0 amide bonds. The molecule has 4 aliphatic carbocycles. The third-order valence-corrected chi connectivity index (χ3v) is 10.1. The summed E-state index contributed by atoms with van der Waals surface area (Å²) in [6, 6.07) is 9.13. The van der Waals surface area contributed by atoms with E-state index in [1.165, 1.54) is 54.9 Å². The summed E-state index contributed by atoms with van der Waals surface area (Å²) in [5.74, 6) is 2.40. The van der Waals surface area contributed by atoms with E-state index in [1.54, 1.807) is 11.1 Å². The maximum atomic E-state index is 6.43. The molecule has 2 heteroatoms. The van der Waals surface area contributed by atoms with Gasteiger partial charge >= 0.3 is 0 Å². The quantitative estimate of drug-likeness (QED) is 0.424. The lowest BCUT2D eigenvalue weighted by molar-refractivity contribution is -0.0894. The van der Waals surface area contributed by atoms with E-state index in [-0.39, 0.29) is 5.60 Å². The van der Waals surface area contributed by atoms with Crippen molar-refractivity contribution in [3.05, 3.63) is 59.9 Å². The molecular weight excluding hydrogens is 414 g/mol. The number of aromatic nitrogens is 1. The SMILES string of the molecule is CC(C)(C)O[C@@H]1CC[C@@]2(C)C(=CC[C@@H]3[C@@H]2CC[C@]2(C)C(c4ccc5ccncc5c4)=CC[C@@H]32)C1. The molecule has 0 N–H and O–H groups in total. The smallest absolute Gasteiger partial charge is 0.0619 e. The van der Waals surface area contributed by atoms with E-state index >= 15 is 0 Å². The first-order valence-corrected chi connectivity index (χ1v) is 13.6. The largest absolute Gasteiger partial charge is 0.372 e. The standard InChI is InChI=1S/C32H41NO/c1-30(2,3)34-25-12-15-31(4)24(19-25)8-9-26-28-11-10-27(32(28,5)16-13-29(26)31)22-7-6-21-14-17-33-20-23(21)18-22/h6-8,10,14,17-18,20,25-26,28-29H,9,11-13,15-16,19H2,1-5H3/t25-,26+,28+,29+,31+,32-/m1/s1. The van der Waals surface area contributed by atoms with E-state index in [9.17, 15) is 0 Å². The molecule has 0 aliphatic heterocycles. The third-order valence-electron chi connectivity index (χ3n) is 10.1. The Morgan fingerprint density at radius 2 is 1.74 bits per heavy atom. The summed E-state index contributed by atoms with van der Waals surface area (Å²) in [5, 5.41) is 2.54. The summed E-state index contributed by atoms with van der Waals surface area (Å²) in [5.41, 5.74) is 5.36. The lowest BCUT2D eigenvalue weighted by atomic mass is 9.47. The van der Waals surface area contributed by atoms with Gasteiger partial charge in [0.15, 0.2) is 0 Å². The molecular formula is C32H41NO. The number of nitrogens with zero attached hydrogens (tertiary/aromatic N) is 1. The number of rotatable bonds is 2. The first-order valence-electron chi connectivity index (χ1n) is 13.6. The summed E-state index contributed by atoms with van der Waals surface area (Å²) >= 11 is 0. The van der Waals surface area contributed by atoms with Crippen LogP contribution in [0.4, 0.5) is 0 Å². The van der Waals surface area contributed by atoms with Crippen LogP contribution in [0.25, 0.3) is 16.3 Å². The van der Waals surface area contributed by atoms with Crippen LogP contribution in [0.3, 0.4) is 0 Å². The minimum atomic E-state index is -0.0480. The number of benzene rings is 1. The van der Waals surface area contributed by atoms with Gasteiger partial charge in [-0.3, -0.25) is 4.98 Å². The van der Waals surface area contributed by atoms with Crippen LogP contribution in [0.15, 0.2) is 54.4 Å². The zero-order valence-electron chi connectivity index (χ0n) is 21.7. The highest BCUT2D eigenvalue weighted by Crippen LogP contribution is 2.66. The van der Waals surface area contributed by atoms with Crippen molar-refractivity contribution in [3.63, 3.8) is 0 Å². The Kier molecular flexibility index (Phi) is 5.16. The zero-order chi connectivity index (χ0) is 23.7. The van der Waals surface area contributed by atoms with Crippen LogP contribution in [-0.4, -0.2) is 16.7 Å². The molecule has 2 aromatic rings.